The maximum atomic E-state index is 15.7. The molecule has 0 unspecified atom stereocenters. The quantitative estimate of drug-likeness (QED) is 0.317. The third-order valence-electron chi connectivity index (χ3n) is 5.15. The van der Waals surface area contributed by atoms with Crippen LogP contribution in [0.5, 0.6) is 5.88 Å². The van der Waals surface area contributed by atoms with E-state index in [9.17, 15) is 4.79 Å². The van der Waals surface area contributed by atoms with E-state index in [1.807, 2.05) is 39.2 Å². The van der Waals surface area contributed by atoms with Gasteiger partial charge in [-0.2, -0.15) is 0 Å². The number of halogens is 1. The van der Waals surface area contributed by atoms with Gasteiger partial charge in [0.15, 0.2) is 10.9 Å². The van der Waals surface area contributed by atoms with E-state index >= 15 is 4.39 Å². The highest BCUT2D eigenvalue weighted by atomic mass is 32.1. The average molecular weight is 495 g/mol. The van der Waals surface area contributed by atoms with E-state index in [0.717, 1.165) is 18.5 Å². The van der Waals surface area contributed by atoms with Crippen molar-refractivity contribution in [3.63, 3.8) is 0 Å². The van der Waals surface area contributed by atoms with Gasteiger partial charge in [0.1, 0.15) is 5.52 Å². The lowest BCUT2D eigenvalue weighted by Crippen LogP contribution is -2.28. The number of hydrogen-bond donors (Lipinski definition) is 2. The maximum absolute atomic E-state index is 15.7. The highest BCUT2D eigenvalue weighted by Gasteiger charge is 2.20. The number of nitrogens with one attached hydrogen (secondary N) is 2. The van der Waals surface area contributed by atoms with Crippen molar-refractivity contribution in [1.29, 1.82) is 0 Å². The topological polar surface area (TPSA) is 92.3 Å². The van der Waals surface area contributed by atoms with Crippen molar-refractivity contribution < 1.29 is 13.9 Å². The van der Waals surface area contributed by atoms with Crippen LogP contribution in [0.4, 0.5) is 14.3 Å². The first kappa shape index (κ1) is 24.5. The number of urea groups is 1. The second-order valence-electron chi connectivity index (χ2n) is 8.07. The van der Waals surface area contributed by atoms with Gasteiger partial charge in [-0.25, -0.2) is 19.2 Å². The zero-order valence-corrected chi connectivity index (χ0v) is 20.7. The van der Waals surface area contributed by atoms with Crippen molar-refractivity contribution in [2.24, 2.45) is 0 Å². The molecular formula is C25H27FN6O2S. The summed E-state index contributed by atoms with van der Waals surface area (Å²) >= 11 is 1.20. The number of hydrogen-bond acceptors (Lipinski definition) is 7. The normalized spacial score (nSPS) is 11.1. The smallest absolute Gasteiger partial charge is 0.321 e. The summed E-state index contributed by atoms with van der Waals surface area (Å²) in [5.74, 6) is 0.00218. The van der Waals surface area contributed by atoms with Crippen LogP contribution in [0.1, 0.15) is 13.3 Å². The Morgan fingerprint density at radius 3 is 2.71 bits per heavy atom. The molecule has 0 spiro atoms. The summed E-state index contributed by atoms with van der Waals surface area (Å²) in [7, 11) is 4.03. The average Bonchev–Trinajstić information content (AvgIpc) is 3.27. The van der Waals surface area contributed by atoms with Crippen molar-refractivity contribution in [1.82, 2.24) is 25.2 Å². The number of ether oxygens (including phenoxy) is 1. The summed E-state index contributed by atoms with van der Waals surface area (Å²) in [6.07, 6.45) is 4.16. The summed E-state index contributed by atoms with van der Waals surface area (Å²) < 4.78 is 22.0. The molecule has 35 heavy (non-hydrogen) atoms. The van der Waals surface area contributed by atoms with E-state index in [1.165, 1.54) is 11.3 Å². The van der Waals surface area contributed by atoms with Gasteiger partial charge in [0.25, 0.3) is 0 Å². The van der Waals surface area contributed by atoms with Gasteiger partial charge in [-0.05, 0) is 51.7 Å². The van der Waals surface area contributed by atoms with Crippen LogP contribution in [-0.2, 0) is 0 Å². The Morgan fingerprint density at radius 2 is 2.03 bits per heavy atom. The Kier molecular flexibility index (Phi) is 7.84. The summed E-state index contributed by atoms with van der Waals surface area (Å²) in [5, 5.41) is 5.63. The summed E-state index contributed by atoms with van der Waals surface area (Å²) in [6, 6.07) is 10.4. The maximum Gasteiger partial charge on any atom is 0.321 e. The van der Waals surface area contributed by atoms with Crippen molar-refractivity contribution >= 4 is 32.7 Å². The van der Waals surface area contributed by atoms with Crippen LogP contribution in [0, 0.1) is 5.82 Å². The largest absolute Gasteiger partial charge is 0.478 e. The van der Waals surface area contributed by atoms with Gasteiger partial charge in [0, 0.05) is 48.2 Å². The molecule has 8 nitrogen and oxygen atoms in total. The van der Waals surface area contributed by atoms with E-state index in [0.29, 0.717) is 45.7 Å². The van der Waals surface area contributed by atoms with E-state index in [-0.39, 0.29) is 5.52 Å². The van der Waals surface area contributed by atoms with Gasteiger partial charge in [0.2, 0.25) is 5.88 Å². The van der Waals surface area contributed by atoms with Gasteiger partial charge in [0.05, 0.1) is 17.0 Å². The second kappa shape index (κ2) is 11.2. The molecule has 4 aromatic rings. The first-order valence-corrected chi connectivity index (χ1v) is 12.1. The summed E-state index contributed by atoms with van der Waals surface area (Å²) in [6.45, 7) is 3.76. The fraction of sp³-hybridized carbons (Fsp3) is 0.280. The number of nitrogens with zero attached hydrogens (tertiary/aromatic N) is 4. The van der Waals surface area contributed by atoms with Crippen LogP contribution in [0.15, 0.2) is 48.8 Å². The van der Waals surface area contributed by atoms with Crippen molar-refractivity contribution in [3.05, 3.63) is 54.6 Å². The molecule has 10 heteroatoms. The number of carbonyl (C=O) groups is 1. The van der Waals surface area contributed by atoms with Crippen LogP contribution in [0.2, 0.25) is 0 Å². The minimum absolute atomic E-state index is 0.170. The summed E-state index contributed by atoms with van der Waals surface area (Å²) in [5.41, 5.74) is 2.51. The molecule has 0 saturated carbocycles. The van der Waals surface area contributed by atoms with E-state index < -0.39 is 11.8 Å². The molecule has 0 fully saturated rings. The first-order chi connectivity index (χ1) is 17.0. The number of pyridine rings is 2. The molecule has 0 atom stereocenters. The number of rotatable bonds is 9. The van der Waals surface area contributed by atoms with E-state index in [2.05, 4.69) is 30.5 Å². The Morgan fingerprint density at radius 1 is 1.17 bits per heavy atom. The highest BCUT2D eigenvalue weighted by Crippen LogP contribution is 2.40. The molecule has 4 rings (SSSR count). The fourth-order valence-corrected chi connectivity index (χ4v) is 4.49. The lowest BCUT2D eigenvalue weighted by atomic mass is 10.0. The van der Waals surface area contributed by atoms with Crippen molar-refractivity contribution in [2.75, 3.05) is 39.1 Å². The Balaban J connectivity index is 1.70. The molecule has 182 valence electrons. The van der Waals surface area contributed by atoms with Gasteiger partial charge in [-0.15, -0.1) is 0 Å². The van der Waals surface area contributed by atoms with Crippen LogP contribution < -0.4 is 15.4 Å². The molecule has 0 bridgehead atoms. The van der Waals surface area contributed by atoms with E-state index in [1.54, 1.807) is 30.6 Å². The molecule has 2 N–H and O–H groups in total. The lowest BCUT2D eigenvalue weighted by Gasteiger charge is -2.11. The highest BCUT2D eigenvalue weighted by molar-refractivity contribution is 7.22. The molecule has 0 aliphatic rings. The first-order valence-electron chi connectivity index (χ1n) is 11.3. The van der Waals surface area contributed by atoms with Crippen LogP contribution >= 0.6 is 11.3 Å². The van der Waals surface area contributed by atoms with Gasteiger partial charge in [-0.3, -0.25) is 10.3 Å². The number of amides is 2. The number of thiazole rings is 1. The molecule has 0 aliphatic carbocycles. The predicted octanol–water partition coefficient (Wildman–Crippen LogP) is 5.03. The molecular weight excluding hydrogens is 467 g/mol. The zero-order valence-electron chi connectivity index (χ0n) is 19.8. The Hall–Kier alpha value is -3.63. The number of aromatic nitrogens is 3. The van der Waals surface area contributed by atoms with E-state index in [4.69, 9.17) is 4.74 Å². The number of fused-ring (bicyclic) bond motifs is 1. The van der Waals surface area contributed by atoms with Gasteiger partial charge < -0.3 is 15.0 Å². The van der Waals surface area contributed by atoms with Crippen LogP contribution in [-0.4, -0.2) is 59.7 Å². The number of anilines is 1. The predicted molar refractivity (Wildman–Crippen MR) is 137 cm³/mol. The number of benzene rings is 1. The number of carbonyl (C=O) groups excluding carboxylic acids is 1. The third kappa shape index (κ3) is 5.90. The van der Waals surface area contributed by atoms with Crippen LogP contribution in [0.25, 0.3) is 32.6 Å². The molecule has 3 aromatic heterocycles. The second-order valence-corrected chi connectivity index (χ2v) is 9.07. The molecule has 1 aromatic carbocycles. The molecule has 0 saturated heterocycles. The van der Waals surface area contributed by atoms with Crippen molar-refractivity contribution in [2.45, 2.75) is 13.3 Å². The third-order valence-corrected chi connectivity index (χ3v) is 6.15. The zero-order chi connectivity index (χ0) is 24.8. The van der Waals surface area contributed by atoms with Crippen molar-refractivity contribution in [3.8, 4) is 28.3 Å². The minimum atomic E-state index is -0.485. The Bertz CT molecular complexity index is 1300. The minimum Gasteiger partial charge on any atom is -0.478 e. The van der Waals surface area contributed by atoms with Gasteiger partial charge in [-0.1, -0.05) is 17.4 Å². The van der Waals surface area contributed by atoms with Crippen LogP contribution in [0.3, 0.4) is 0 Å². The monoisotopic (exact) mass is 494 g/mol. The molecule has 3 heterocycles. The molecule has 0 aliphatic heterocycles. The summed E-state index contributed by atoms with van der Waals surface area (Å²) in [4.78, 5) is 27.3. The fourth-order valence-electron chi connectivity index (χ4n) is 3.51. The molecule has 2 amide bonds. The molecule has 0 radical (unpaired) electrons. The SMILES string of the molecule is CCNC(=O)Nc1nc2c(F)c(-c3ccc(OCCCN(C)C)nc3)cc(-c3ccccn3)c2s1. The van der Waals surface area contributed by atoms with Gasteiger partial charge >= 0.3 is 6.03 Å². The standard InChI is InChI=1S/C25H27FN6O2S/c1-4-27-24(33)31-25-30-22-21(26)17(14-18(23(22)35-25)19-8-5-6-11-28-19)16-9-10-20(29-15-16)34-13-7-12-32(2)3/h5-6,8-11,14-15H,4,7,12-13H2,1-3H3,(H2,27,30,31,33). The Labute approximate surface area is 207 Å². The lowest BCUT2D eigenvalue weighted by molar-refractivity contribution is 0.252.